The minimum absolute atomic E-state index is 0.0405. The molecule has 1 heterocycles. The van der Waals surface area contributed by atoms with Crippen molar-refractivity contribution in [2.75, 3.05) is 6.54 Å². The molecule has 1 atom stereocenters. The molecule has 1 aliphatic carbocycles. The number of aromatic nitrogens is 1. The summed E-state index contributed by atoms with van der Waals surface area (Å²) >= 11 is 1.52. The number of nitrogens with one attached hydrogen (secondary N) is 1. The number of hydrogen-bond acceptors (Lipinski definition) is 4. The first-order valence-electron chi connectivity index (χ1n) is 7.66. The summed E-state index contributed by atoms with van der Waals surface area (Å²) in [7, 11) is 0. The lowest BCUT2D eigenvalue weighted by atomic mass is 9.93. The molecule has 0 saturated heterocycles. The third-order valence-corrected chi connectivity index (χ3v) is 5.02. The third-order valence-electron chi connectivity index (χ3n) is 4.11. The van der Waals surface area contributed by atoms with Crippen molar-refractivity contribution >= 4 is 17.2 Å². The molecule has 4 nitrogen and oxygen atoms in total. The monoisotopic (exact) mass is 295 g/mol. The summed E-state index contributed by atoms with van der Waals surface area (Å²) in [6, 6.07) is 0.236. The van der Waals surface area contributed by atoms with Crippen molar-refractivity contribution in [3.05, 3.63) is 16.1 Å². The van der Waals surface area contributed by atoms with E-state index in [0.29, 0.717) is 18.2 Å². The van der Waals surface area contributed by atoms with Crippen LogP contribution in [0.3, 0.4) is 0 Å². The van der Waals surface area contributed by atoms with E-state index >= 15 is 0 Å². The van der Waals surface area contributed by atoms with Crippen molar-refractivity contribution in [2.45, 2.75) is 57.9 Å². The van der Waals surface area contributed by atoms with Crippen LogP contribution in [0.25, 0.3) is 0 Å². The van der Waals surface area contributed by atoms with Crippen LogP contribution < -0.4 is 11.1 Å². The van der Waals surface area contributed by atoms with Gasteiger partial charge in [0.2, 0.25) is 0 Å². The first kappa shape index (κ1) is 15.4. The summed E-state index contributed by atoms with van der Waals surface area (Å²) in [5.74, 6) is 0.574. The second-order valence-electron chi connectivity index (χ2n) is 5.68. The Morgan fingerprint density at radius 3 is 2.80 bits per heavy atom. The molecule has 0 spiro atoms. The Morgan fingerprint density at radius 1 is 1.45 bits per heavy atom. The largest absolute Gasteiger partial charge is 0.348 e. The van der Waals surface area contributed by atoms with Crippen LogP contribution >= 0.6 is 11.3 Å². The Bertz CT molecular complexity index is 425. The SMILES string of the molecule is C[C@@H](NC(=O)c1csc(CCN)n1)C1CCCCCC1. The van der Waals surface area contributed by atoms with Gasteiger partial charge in [0.1, 0.15) is 5.69 Å². The number of amides is 1. The van der Waals surface area contributed by atoms with Crippen LogP contribution in [0.5, 0.6) is 0 Å². The van der Waals surface area contributed by atoms with Gasteiger partial charge >= 0.3 is 0 Å². The Labute approximate surface area is 125 Å². The van der Waals surface area contributed by atoms with E-state index in [-0.39, 0.29) is 11.9 Å². The van der Waals surface area contributed by atoms with Crippen molar-refractivity contribution < 1.29 is 4.79 Å². The topological polar surface area (TPSA) is 68.0 Å². The molecule has 3 N–H and O–H groups in total. The molecule has 1 fully saturated rings. The van der Waals surface area contributed by atoms with E-state index in [2.05, 4.69) is 17.2 Å². The van der Waals surface area contributed by atoms with Gasteiger partial charge < -0.3 is 11.1 Å². The Hall–Kier alpha value is -0.940. The summed E-state index contributed by atoms with van der Waals surface area (Å²) in [6.07, 6.45) is 8.48. The molecule has 1 amide bonds. The summed E-state index contributed by atoms with van der Waals surface area (Å²) in [6.45, 7) is 2.70. The molecule has 1 aliphatic rings. The highest BCUT2D eigenvalue weighted by Crippen LogP contribution is 2.25. The van der Waals surface area contributed by atoms with Gasteiger partial charge in [-0.2, -0.15) is 0 Å². The van der Waals surface area contributed by atoms with Gasteiger partial charge in [-0.15, -0.1) is 11.3 Å². The zero-order chi connectivity index (χ0) is 14.4. The molecular weight excluding hydrogens is 270 g/mol. The smallest absolute Gasteiger partial charge is 0.270 e. The number of nitrogens with two attached hydrogens (primary N) is 1. The highest BCUT2D eigenvalue weighted by Gasteiger charge is 2.21. The molecule has 1 saturated carbocycles. The van der Waals surface area contributed by atoms with Crippen molar-refractivity contribution in [1.82, 2.24) is 10.3 Å². The Kier molecular flexibility index (Phi) is 5.98. The molecule has 0 radical (unpaired) electrons. The maximum atomic E-state index is 12.2. The highest BCUT2D eigenvalue weighted by molar-refractivity contribution is 7.09. The molecular formula is C15H25N3OS. The van der Waals surface area contributed by atoms with E-state index in [1.54, 1.807) is 0 Å². The number of carbonyl (C=O) groups excluding carboxylic acids is 1. The van der Waals surface area contributed by atoms with Crippen LogP contribution in [0, 0.1) is 5.92 Å². The summed E-state index contributed by atoms with van der Waals surface area (Å²) in [4.78, 5) is 16.5. The summed E-state index contributed by atoms with van der Waals surface area (Å²) < 4.78 is 0. The van der Waals surface area contributed by atoms with Gasteiger partial charge in [-0.3, -0.25) is 4.79 Å². The molecule has 0 bridgehead atoms. The number of carbonyl (C=O) groups is 1. The zero-order valence-electron chi connectivity index (χ0n) is 12.2. The predicted molar refractivity (Wildman–Crippen MR) is 83.0 cm³/mol. The van der Waals surface area contributed by atoms with Gasteiger partial charge in [0.25, 0.3) is 5.91 Å². The van der Waals surface area contributed by atoms with Crippen molar-refractivity contribution in [1.29, 1.82) is 0 Å². The van der Waals surface area contributed by atoms with Crippen molar-refractivity contribution in [3.8, 4) is 0 Å². The van der Waals surface area contributed by atoms with Crippen LogP contribution in [0.15, 0.2) is 5.38 Å². The quantitative estimate of drug-likeness (QED) is 0.821. The normalized spacial score (nSPS) is 18.5. The minimum atomic E-state index is -0.0405. The molecule has 0 aromatic carbocycles. The molecule has 0 aliphatic heterocycles. The predicted octanol–water partition coefficient (Wildman–Crippen LogP) is 2.73. The lowest BCUT2D eigenvalue weighted by Crippen LogP contribution is -2.38. The van der Waals surface area contributed by atoms with E-state index in [9.17, 15) is 4.79 Å². The number of hydrogen-bond donors (Lipinski definition) is 2. The Balaban J connectivity index is 1.88. The molecule has 1 aromatic rings. The second-order valence-corrected chi connectivity index (χ2v) is 6.62. The van der Waals surface area contributed by atoms with Gasteiger partial charge in [0.15, 0.2) is 0 Å². The van der Waals surface area contributed by atoms with Crippen LogP contribution in [0.2, 0.25) is 0 Å². The molecule has 0 unspecified atom stereocenters. The fraction of sp³-hybridized carbons (Fsp3) is 0.733. The van der Waals surface area contributed by atoms with Crippen molar-refractivity contribution in [3.63, 3.8) is 0 Å². The fourth-order valence-corrected chi connectivity index (χ4v) is 3.66. The Morgan fingerprint density at radius 2 is 2.15 bits per heavy atom. The van der Waals surface area contributed by atoms with Gasteiger partial charge in [0, 0.05) is 17.8 Å². The van der Waals surface area contributed by atoms with Crippen LogP contribution in [0.1, 0.15) is 60.9 Å². The molecule has 5 heteroatoms. The second kappa shape index (κ2) is 7.74. The average Bonchev–Trinajstić information content (AvgIpc) is 2.73. The van der Waals surface area contributed by atoms with Gasteiger partial charge in [-0.05, 0) is 32.2 Å². The van der Waals surface area contributed by atoms with E-state index in [4.69, 9.17) is 5.73 Å². The maximum Gasteiger partial charge on any atom is 0.270 e. The molecule has 112 valence electrons. The molecule has 20 heavy (non-hydrogen) atoms. The van der Waals surface area contributed by atoms with Gasteiger partial charge in [0.05, 0.1) is 5.01 Å². The maximum absolute atomic E-state index is 12.2. The highest BCUT2D eigenvalue weighted by atomic mass is 32.1. The fourth-order valence-electron chi connectivity index (χ4n) is 2.86. The first-order chi connectivity index (χ1) is 9.70. The van der Waals surface area contributed by atoms with E-state index in [1.807, 2.05) is 5.38 Å². The summed E-state index contributed by atoms with van der Waals surface area (Å²) in [5, 5.41) is 5.90. The first-order valence-corrected chi connectivity index (χ1v) is 8.54. The van der Waals surface area contributed by atoms with Crippen molar-refractivity contribution in [2.24, 2.45) is 11.7 Å². The number of thiazole rings is 1. The lowest BCUT2D eigenvalue weighted by Gasteiger charge is -2.23. The standard InChI is InChI=1S/C15H25N3OS/c1-11(12-6-4-2-3-5-7-12)17-15(19)13-10-20-14(18-13)8-9-16/h10-12H,2-9,16H2,1H3,(H,17,19)/t11-/m1/s1. The number of rotatable bonds is 5. The van der Waals surface area contributed by atoms with E-state index in [0.717, 1.165) is 11.4 Å². The summed E-state index contributed by atoms with van der Waals surface area (Å²) in [5.41, 5.74) is 6.05. The van der Waals surface area contributed by atoms with Gasteiger partial charge in [-0.25, -0.2) is 4.98 Å². The van der Waals surface area contributed by atoms with E-state index < -0.39 is 0 Å². The van der Waals surface area contributed by atoms with E-state index in [1.165, 1.54) is 49.9 Å². The van der Waals surface area contributed by atoms with Crippen LogP contribution in [-0.2, 0) is 6.42 Å². The molecule has 2 rings (SSSR count). The van der Waals surface area contributed by atoms with Crippen LogP contribution in [0.4, 0.5) is 0 Å². The molecule has 1 aromatic heterocycles. The average molecular weight is 295 g/mol. The minimum Gasteiger partial charge on any atom is -0.348 e. The third kappa shape index (κ3) is 4.28. The number of nitrogens with zero attached hydrogens (tertiary/aromatic N) is 1. The zero-order valence-corrected chi connectivity index (χ0v) is 13.0. The van der Waals surface area contributed by atoms with Gasteiger partial charge in [-0.1, -0.05) is 25.7 Å². The lowest BCUT2D eigenvalue weighted by molar-refractivity contribution is 0.0919. The van der Waals surface area contributed by atoms with Crippen LogP contribution in [-0.4, -0.2) is 23.5 Å².